The van der Waals surface area contributed by atoms with Gasteiger partial charge in [0, 0.05) is 17.7 Å². The number of thioether (sulfide) groups is 1. The standard InChI is InChI=1S/C19H23N5O5S3/c1-28-23-12(11-8-32-19(20)21-11)15(25)22-13-16(26)24-14(18(27)30)9(7-31-17(13)24)6-10-4-2-3-5-29-10/h8,10,13,17H,2-7H2,1H3,(H2,20,21)(H,22,25)(H,27,30)/b23-12-/t10?,13?,17-/m1/s1. The van der Waals surface area contributed by atoms with Gasteiger partial charge in [-0.3, -0.25) is 19.3 Å². The van der Waals surface area contributed by atoms with Crippen LogP contribution in [0, 0.1) is 0 Å². The van der Waals surface area contributed by atoms with E-state index in [0.717, 1.165) is 36.2 Å². The minimum atomic E-state index is -0.805. The Bertz CT molecular complexity index is 988. The molecule has 10 nitrogen and oxygen atoms in total. The number of nitrogen functional groups attached to an aromatic ring is 1. The number of nitrogens with one attached hydrogen (secondary N) is 1. The van der Waals surface area contributed by atoms with Crippen molar-refractivity contribution in [1.82, 2.24) is 15.2 Å². The number of carbonyl (C=O) groups is 3. The molecule has 2 saturated heterocycles. The van der Waals surface area contributed by atoms with Crippen molar-refractivity contribution in [3.8, 4) is 0 Å². The molecule has 2 amide bonds. The van der Waals surface area contributed by atoms with Crippen LogP contribution in [0.25, 0.3) is 0 Å². The first-order valence-corrected chi connectivity index (χ1v) is 12.4. The predicted octanol–water partition coefficient (Wildman–Crippen LogP) is 1.15. The van der Waals surface area contributed by atoms with Gasteiger partial charge in [0.15, 0.2) is 10.8 Å². The Kier molecular flexibility index (Phi) is 7.08. The largest absolute Gasteiger partial charge is 0.398 e. The molecule has 0 bridgehead atoms. The van der Waals surface area contributed by atoms with E-state index in [4.69, 9.17) is 15.3 Å². The Balaban J connectivity index is 1.49. The zero-order chi connectivity index (χ0) is 22.8. The van der Waals surface area contributed by atoms with Gasteiger partial charge in [-0.25, -0.2) is 4.98 Å². The number of thiol groups is 1. The summed E-state index contributed by atoms with van der Waals surface area (Å²) in [6, 6.07) is -0.805. The fourth-order valence-electron chi connectivity index (χ4n) is 3.98. The van der Waals surface area contributed by atoms with Gasteiger partial charge in [0.2, 0.25) is 5.12 Å². The number of thiazole rings is 1. The van der Waals surface area contributed by atoms with Crippen molar-refractivity contribution in [3.05, 3.63) is 22.3 Å². The molecule has 13 heteroatoms. The maximum atomic E-state index is 12.9. The van der Waals surface area contributed by atoms with E-state index in [2.05, 4.69) is 28.1 Å². The third kappa shape index (κ3) is 4.51. The highest BCUT2D eigenvalue weighted by Crippen LogP contribution is 2.42. The maximum absolute atomic E-state index is 12.9. The van der Waals surface area contributed by atoms with Crippen molar-refractivity contribution in [1.29, 1.82) is 0 Å². The van der Waals surface area contributed by atoms with Crippen LogP contribution in [0.4, 0.5) is 5.13 Å². The van der Waals surface area contributed by atoms with Crippen molar-refractivity contribution in [2.75, 3.05) is 25.2 Å². The van der Waals surface area contributed by atoms with Gasteiger partial charge in [0.1, 0.15) is 24.2 Å². The summed E-state index contributed by atoms with van der Waals surface area (Å²) >= 11 is 6.68. The fraction of sp³-hybridized carbons (Fsp3) is 0.526. The number of nitrogens with zero attached hydrogens (tertiary/aromatic N) is 3. The van der Waals surface area contributed by atoms with Gasteiger partial charge >= 0.3 is 0 Å². The third-order valence-electron chi connectivity index (χ3n) is 5.45. The van der Waals surface area contributed by atoms with Crippen LogP contribution in [-0.4, -0.2) is 69.5 Å². The summed E-state index contributed by atoms with van der Waals surface area (Å²) < 4.78 is 5.80. The smallest absolute Gasteiger partial charge is 0.276 e. The zero-order valence-electron chi connectivity index (χ0n) is 17.3. The van der Waals surface area contributed by atoms with Crippen LogP contribution < -0.4 is 11.1 Å². The number of fused-ring (bicyclic) bond motifs is 1. The zero-order valence-corrected chi connectivity index (χ0v) is 19.8. The van der Waals surface area contributed by atoms with Crippen molar-refractivity contribution < 1.29 is 24.0 Å². The molecule has 0 radical (unpaired) electrons. The molecule has 3 aliphatic heterocycles. The number of anilines is 1. The molecule has 2 fully saturated rings. The normalized spacial score (nSPS) is 25.8. The molecule has 1 aromatic rings. The number of aromatic nitrogens is 1. The van der Waals surface area contributed by atoms with E-state index in [1.54, 1.807) is 5.38 Å². The molecule has 3 atom stereocenters. The van der Waals surface area contributed by atoms with Crippen LogP contribution in [0.3, 0.4) is 0 Å². The Labute approximate surface area is 198 Å². The van der Waals surface area contributed by atoms with E-state index >= 15 is 0 Å². The van der Waals surface area contributed by atoms with Gasteiger partial charge in [0.05, 0.1) is 11.8 Å². The average molecular weight is 498 g/mol. The summed E-state index contributed by atoms with van der Waals surface area (Å²) in [5, 5.41) is 7.43. The molecule has 1 aromatic heterocycles. The molecule has 32 heavy (non-hydrogen) atoms. The van der Waals surface area contributed by atoms with Crippen LogP contribution in [0.15, 0.2) is 21.8 Å². The van der Waals surface area contributed by atoms with Gasteiger partial charge < -0.3 is 20.6 Å². The summed E-state index contributed by atoms with van der Waals surface area (Å²) in [5.74, 6) is -0.423. The second kappa shape index (κ2) is 9.81. The molecule has 0 saturated carbocycles. The molecular weight excluding hydrogens is 474 g/mol. The van der Waals surface area contributed by atoms with E-state index in [-0.39, 0.29) is 28.5 Å². The summed E-state index contributed by atoms with van der Waals surface area (Å²) in [6.45, 7) is 0.713. The SMILES string of the molecule is CO/N=C(\C(=O)NC1C(=O)N2C(C(=O)S)=C(CC3CCCCO3)CS[C@H]12)c1csc(N)n1. The van der Waals surface area contributed by atoms with Crippen molar-refractivity contribution in [3.63, 3.8) is 0 Å². The van der Waals surface area contributed by atoms with Crippen molar-refractivity contribution in [2.45, 2.75) is 43.2 Å². The summed E-state index contributed by atoms with van der Waals surface area (Å²) in [7, 11) is 1.31. The lowest BCUT2D eigenvalue weighted by atomic mass is 9.97. The van der Waals surface area contributed by atoms with Gasteiger partial charge in [-0.15, -0.1) is 23.1 Å². The molecule has 4 heterocycles. The topological polar surface area (TPSA) is 136 Å². The van der Waals surface area contributed by atoms with E-state index in [1.165, 1.54) is 23.8 Å². The summed E-state index contributed by atoms with van der Waals surface area (Å²) in [4.78, 5) is 48.3. The molecule has 4 rings (SSSR count). The number of carbonyl (C=O) groups excluding carboxylic acids is 3. The lowest BCUT2D eigenvalue weighted by Crippen LogP contribution is -2.71. The molecule has 3 N–H and O–H groups in total. The Morgan fingerprint density at radius 1 is 1.47 bits per heavy atom. The van der Waals surface area contributed by atoms with Crippen LogP contribution >= 0.6 is 35.7 Å². The highest BCUT2D eigenvalue weighted by atomic mass is 32.2. The first kappa shape index (κ1) is 23.1. The van der Waals surface area contributed by atoms with Crippen molar-refractivity contribution >= 4 is 63.5 Å². The molecule has 0 aromatic carbocycles. The summed E-state index contributed by atoms with van der Waals surface area (Å²) in [6.07, 6.45) is 3.70. The monoisotopic (exact) mass is 497 g/mol. The maximum Gasteiger partial charge on any atom is 0.276 e. The van der Waals surface area contributed by atoms with Gasteiger partial charge in [-0.05, 0) is 31.3 Å². The van der Waals surface area contributed by atoms with E-state index in [9.17, 15) is 14.4 Å². The van der Waals surface area contributed by atoms with Crippen LogP contribution in [0.5, 0.6) is 0 Å². The van der Waals surface area contributed by atoms with E-state index < -0.39 is 22.4 Å². The van der Waals surface area contributed by atoms with E-state index in [1.807, 2.05) is 0 Å². The number of rotatable bonds is 7. The number of β-lactam (4-membered cyclic amide) rings is 1. The fourth-order valence-corrected chi connectivity index (χ4v) is 6.16. The predicted molar refractivity (Wildman–Crippen MR) is 124 cm³/mol. The second-order valence-corrected chi connectivity index (χ2v) is 9.91. The van der Waals surface area contributed by atoms with Gasteiger partial charge in [0.25, 0.3) is 11.8 Å². The molecule has 0 aliphatic carbocycles. The van der Waals surface area contributed by atoms with Crippen LogP contribution in [0.2, 0.25) is 0 Å². The molecule has 2 unspecified atom stereocenters. The van der Waals surface area contributed by atoms with E-state index in [0.29, 0.717) is 24.5 Å². The number of hydrogen-bond donors (Lipinski definition) is 3. The Morgan fingerprint density at radius 2 is 2.28 bits per heavy atom. The van der Waals surface area contributed by atoms with Crippen LogP contribution in [-0.2, 0) is 24.0 Å². The first-order valence-electron chi connectivity index (χ1n) is 10.1. The summed E-state index contributed by atoms with van der Waals surface area (Å²) in [5.41, 5.74) is 6.99. The number of hydrogen-bond acceptors (Lipinski definition) is 10. The Hall–Kier alpha value is -2.09. The number of oxime groups is 1. The third-order valence-corrected chi connectivity index (χ3v) is 7.67. The minimum absolute atomic E-state index is 0.0452. The highest BCUT2D eigenvalue weighted by molar-refractivity contribution is 8.00. The Morgan fingerprint density at radius 3 is 2.91 bits per heavy atom. The number of amides is 2. The first-order chi connectivity index (χ1) is 15.4. The van der Waals surface area contributed by atoms with Gasteiger partial charge in [-0.2, -0.15) is 0 Å². The molecular formula is C19H23N5O5S3. The second-order valence-electron chi connectivity index (χ2n) is 7.50. The van der Waals surface area contributed by atoms with Crippen LogP contribution in [0.1, 0.15) is 31.4 Å². The lowest BCUT2D eigenvalue weighted by molar-refractivity contribution is -0.146. The minimum Gasteiger partial charge on any atom is -0.398 e. The quantitative estimate of drug-likeness (QED) is 0.221. The molecule has 172 valence electrons. The number of nitrogens with two attached hydrogens (primary N) is 1. The lowest BCUT2D eigenvalue weighted by Gasteiger charge is -2.50. The van der Waals surface area contributed by atoms with Gasteiger partial charge in [-0.1, -0.05) is 17.8 Å². The number of ether oxygens (including phenoxy) is 1. The highest BCUT2D eigenvalue weighted by Gasteiger charge is 2.54. The molecule has 3 aliphatic rings. The van der Waals surface area contributed by atoms with Crippen molar-refractivity contribution in [2.24, 2.45) is 5.16 Å². The molecule has 0 spiro atoms. The average Bonchev–Trinajstić information content (AvgIpc) is 3.21.